The Balaban J connectivity index is 2.26. The standard InChI is InChI=1S/C21H29N3O5S2/c1-4-12-24(13-5-2)31(28,29)20-11-7-9-18(15-20)21(25)23-16(3)17-8-6-10-19(14-17)30(22,26)27/h6-11,14-16H,4-5,12-13H2,1-3H3,(H,23,25)(H2,22,26,27)/t16-/m0/s1. The van der Waals surface area contributed by atoms with Crippen LogP contribution in [0.25, 0.3) is 0 Å². The van der Waals surface area contributed by atoms with E-state index in [4.69, 9.17) is 5.14 Å². The number of nitrogens with zero attached hydrogens (tertiary/aromatic N) is 1. The van der Waals surface area contributed by atoms with E-state index >= 15 is 0 Å². The van der Waals surface area contributed by atoms with Gasteiger partial charge in [-0.25, -0.2) is 22.0 Å². The molecule has 2 aromatic rings. The third-order valence-corrected chi connectivity index (χ3v) is 7.52. The molecular weight excluding hydrogens is 438 g/mol. The van der Waals surface area contributed by atoms with Gasteiger partial charge in [0.15, 0.2) is 0 Å². The van der Waals surface area contributed by atoms with Gasteiger partial charge in [-0.05, 0) is 55.7 Å². The highest BCUT2D eigenvalue weighted by Crippen LogP contribution is 2.20. The zero-order valence-corrected chi connectivity index (χ0v) is 19.5. The Hall–Kier alpha value is -2.27. The van der Waals surface area contributed by atoms with Gasteiger partial charge in [0, 0.05) is 18.7 Å². The summed E-state index contributed by atoms with van der Waals surface area (Å²) in [5.41, 5.74) is 0.754. The number of primary sulfonamides is 1. The second kappa shape index (κ2) is 10.4. The summed E-state index contributed by atoms with van der Waals surface area (Å²) in [4.78, 5) is 12.8. The van der Waals surface area contributed by atoms with Crippen molar-refractivity contribution in [3.8, 4) is 0 Å². The minimum absolute atomic E-state index is 0.0499. The molecule has 0 aliphatic rings. The van der Waals surface area contributed by atoms with Crippen molar-refractivity contribution in [2.45, 2.75) is 49.4 Å². The lowest BCUT2D eigenvalue weighted by Gasteiger charge is -2.21. The van der Waals surface area contributed by atoms with Crippen LogP contribution in [-0.2, 0) is 20.0 Å². The Kier molecular flexibility index (Phi) is 8.35. The molecule has 0 fully saturated rings. The van der Waals surface area contributed by atoms with E-state index in [2.05, 4.69) is 5.32 Å². The molecule has 0 saturated heterocycles. The van der Waals surface area contributed by atoms with Crippen LogP contribution in [0.15, 0.2) is 58.3 Å². The van der Waals surface area contributed by atoms with Crippen molar-refractivity contribution in [1.29, 1.82) is 0 Å². The maximum absolute atomic E-state index is 13.0. The Bertz CT molecular complexity index is 1130. The molecule has 0 bridgehead atoms. The van der Waals surface area contributed by atoms with Crippen LogP contribution in [0.5, 0.6) is 0 Å². The number of carbonyl (C=O) groups is 1. The number of nitrogens with one attached hydrogen (secondary N) is 1. The number of rotatable bonds is 10. The van der Waals surface area contributed by atoms with Gasteiger partial charge < -0.3 is 5.32 Å². The smallest absolute Gasteiger partial charge is 0.251 e. The number of hydrogen-bond donors (Lipinski definition) is 2. The lowest BCUT2D eigenvalue weighted by molar-refractivity contribution is 0.0939. The van der Waals surface area contributed by atoms with Gasteiger partial charge in [-0.3, -0.25) is 4.79 Å². The average molecular weight is 468 g/mol. The minimum atomic E-state index is -3.86. The zero-order chi connectivity index (χ0) is 23.2. The highest BCUT2D eigenvalue weighted by molar-refractivity contribution is 7.89. The number of carbonyl (C=O) groups excluding carboxylic acids is 1. The molecule has 0 aliphatic heterocycles. The third-order valence-electron chi connectivity index (χ3n) is 4.71. The quantitative estimate of drug-likeness (QED) is 0.555. The molecule has 3 N–H and O–H groups in total. The maximum atomic E-state index is 13.0. The van der Waals surface area contributed by atoms with Crippen LogP contribution in [0.3, 0.4) is 0 Å². The lowest BCUT2D eigenvalue weighted by atomic mass is 10.1. The second-order valence-electron chi connectivity index (χ2n) is 7.24. The first-order chi connectivity index (χ1) is 14.5. The fraction of sp³-hybridized carbons (Fsp3) is 0.381. The van der Waals surface area contributed by atoms with Crippen molar-refractivity contribution in [2.24, 2.45) is 5.14 Å². The highest BCUT2D eigenvalue weighted by atomic mass is 32.2. The van der Waals surface area contributed by atoms with Crippen LogP contribution in [-0.4, -0.2) is 40.1 Å². The molecule has 2 aromatic carbocycles. The number of benzene rings is 2. The third kappa shape index (κ3) is 6.36. The van der Waals surface area contributed by atoms with Gasteiger partial charge in [0.25, 0.3) is 5.91 Å². The zero-order valence-electron chi connectivity index (χ0n) is 17.9. The summed E-state index contributed by atoms with van der Waals surface area (Å²) in [7, 11) is -7.57. The van der Waals surface area contributed by atoms with Crippen molar-refractivity contribution >= 4 is 26.0 Å². The summed E-state index contributed by atoms with van der Waals surface area (Å²) < 4.78 is 50.5. The van der Waals surface area contributed by atoms with Crippen molar-refractivity contribution < 1.29 is 21.6 Å². The van der Waals surface area contributed by atoms with E-state index in [1.807, 2.05) is 13.8 Å². The first kappa shape index (κ1) is 25.0. The second-order valence-corrected chi connectivity index (χ2v) is 10.7. The van der Waals surface area contributed by atoms with Gasteiger partial charge in [0.05, 0.1) is 15.8 Å². The van der Waals surface area contributed by atoms with E-state index in [1.165, 1.54) is 40.7 Å². The van der Waals surface area contributed by atoms with Crippen molar-refractivity contribution in [1.82, 2.24) is 9.62 Å². The SMILES string of the molecule is CCCN(CCC)S(=O)(=O)c1cccc(C(=O)N[C@@H](C)c2cccc(S(N)(=O)=O)c2)c1. The molecule has 0 radical (unpaired) electrons. The summed E-state index contributed by atoms with van der Waals surface area (Å²) in [6.45, 7) is 6.34. The molecule has 0 spiro atoms. The largest absolute Gasteiger partial charge is 0.346 e. The van der Waals surface area contributed by atoms with Crippen molar-refractivity contribution in [3.63, 3.8) is 0 Å². The van der Waals surface area contributed by atoms with Crippen LogP contribution in [0.4, 0.5) is 0 Å². The Morgan fingerprint density at radius 3 is 2.13 bits per heavy atom. The summed E-state index contributed by atoms with van der Waals surface area (Å²) >= 11 is 0. The number of amides is 1. The Labute approximate surface area is 184 Å². The van der Waals surface area contributed by atoms with E-state index < -0.39 is 32.0 Å². The molecule has 10 heteroatoms. The number of nitrogens with two attached hydrogens (primary N) is 1. The number of hydrogen-bond acceptors (Lipinski definition) is 5. The van der Waals surface area contributed by atoms with Gasteiger partial charge in [-0.2, -0.15) is 4.31 Å². The fourth-order valence-corrected chi connectivity index (χ4v) is 5.36. The predicted octanol–water partition coefficient (Wildman–Crippen LogP) is 2.64. The average Bonchev–Trinajstić information content (AvgIpc) is 2.73. The summed E-state index contributed by atoms with van der Waals surface area (Å²) in [5, 5.41) is 7.93. The summed E-state index contributed by atoms with van der Waals surface area (Å²) in [6.07, 6.45) is 1.38. The Morgan fingerprint density at radius 1 is 0.968 bits per heavy atom. The molecule has 1 amide bonds. The van der Waals surface area contributed by atoms with E-state index in [0.29, 0.717) is 31.5 Å². The van der Waals surface area contributed by atoms with E-state index in [9.17, 15) is 21.6 Å². The first-order valence-corrected chi connectivity index (χ1v) is 13.0. The molecule has 170 valence electrons. The van der Waals surface area contributed by atoms with E-state index in [0.717, 1.165) is 0 Å². The minimum Gasteiger partial charge on any atom is -0.346 e. The molecule has 31 heavy (non-hydrogen) atoms. The van der Waals surface area contributed by atoms with Crippen molar-refractivity contribution in [2.75, 3.05) is 13.1 Å². The van der Waals surface area contributed by atoms with Crippen LogP contribution >= 0.6 is 0 Å². The fourth-order valence-electron chi connectivity index (χ4n) is 3.12. The van der Waals surface area contributed by atoms with Crippen LogP contribution in [0.2, 0.25) is 0 Å². The molecule has 0 aromatic heterocycles. The molecule has 0 aliphatic carbocycles. The Morgan fingerprint density at radius 2 is 1.55 bits per heavy atom. The van der Waals surface area contributed by atoms with Gasteiger partial charge in [0.1, 0.15) is 0 Å². The molecule has 0 heterocycles. The van der Waals surface area contributed by atoms with Crippen LogP contribution in [0, 0.1) is 0 Å². The van der Waals surface area contributed by atoms with E-state index in [1.54, 1.807) is 19.1 Å². The molecule has 1 atom stereocenters. The van der Waals surface area contributed by atoms with Crippen molar-refractivity contribution in [3.05, 3.63) is 59.7 Å². The van der Waals surface area contributed by atoms with Gasteiger partial charge in [-0.1, -0.05) is 32.0 Å². The summed E-state index contributed by atoms with van der Waals surface area (Å²) in [5.74, 6) is -0.469. The molecular formula is C21H29N3O5S2. The van der Waals surface area contributed by atoms with Gasteiger partial charge in [-0.15, -0.1) is 0 Å². The molecule has 0 unspecified atom stereocenters. The van der Waals surface area contributed by atoms with Crippen LogP contribution in [0.1, 0.15) is 55.6 Å². The number of sulfonamides is 2. The van der Waals surface area contributed by atoms with Gasteiger partial charge in [0.2, 0.25) is 20.0 Å². The van der Waals surface area contributed by atoms with E-state index in [-0.39, 0.29) is 15.4 Å². The molecule has 8 nitrogen and oxygen atoms in total. The first-order valence-electron chi connectivity index (χ1n) is 10.0. The topological polar surface area (TPSA) is 127 Å². The van der Waals surface area contributed by atoms with Crippen LogP contribution < -0.4 is 10.5 Å². The maximum Gasteiger partial charge on any atom is 0.251 e. The summed E-state index contributed by atoms with van der Waals surface area (Å²) in [6, 6.07) is 11.4. The predicted molar refractivity (Wildman–Crippen MR) is 119 cm³/mol. The molecule has 2 rings (SSSR count). The van der Waals surface area contributed by atoms with Gasteiger partial charge >= 0.3 is 0 Å². The monoisotopic (exact) mass is 467 g/mol. The highest BCUT2D eigenvalue weighted by Gasteiger charge is 2.24. The molecule has 0 saturated carbocycles. The normalized spacial score (nSPS) is 13.2. The lowest BCUT2D eigenvalue weighted by Crippen LogP contribution is -2.33.